The van der Waals surface area contributed by atoms with Crippen LogP contribution in [0.5, 0.6) is 0 Å². The van der Waals surface area contributed by atoms with E-state index in [1.165, 1.54) is 12.0 Å². The molecule has 1 aromatic heterocycles. The summed E-state index contributed by atoms with van der Waals surface area (Å²) in [6.07, 6.45) is 4.92. The molecular formula is C20H32N4O2. The molecule has 2 saturated heterocycles. The highest BCUT2D eigenvalue weighted by Crippen LogP contribution is 2.40. The van der Waals surface area contributed by atoms with Gasteiger partial charge in [0.2, 0.25) is 5.91 Å². The minimum atomic E-state index is 0.193. The number of rotatable bonds is 5. The van der Waals surface area contributed by atoms with Crippen molar-refractivity contribution >= 4 is 11.7 Å². The summed E-state index contributed by atoms with van der Waals surface area (Å²) in [7, 11) is 1.71. The summed E-state index contributed by atoms with van der Waals surface area (Å²) < 4.78 is 5.16. The fourth-order valence-corrected chi connectivity index (χ4v) is 4.49. The molecule has 0 bridgehead atoms. The summed E-state index contributed by atoms with van der Waals surface area (Å²) in [5.41, 5.74) is 2.43. The molecule has 3 heterocycles. The number of carbonyl (C=O) groups excluding carboxylic acids is 1. The first-order valence-corrected chi connectivity index (χ1v) is 9.78. The highest BCUT2D eigenvalue weighted by Gasteiger charge is 2.42. The average Bonchev–Trinajstić information content (AvgIpc) is 2.62. The first-order valence-electron chi connectivity index (χ1n) is 9.78. The molecule has 0 radical (unpaired) electrons. The van der Waals surface area contributed by atoms with Crippen molar-refractivity contribution in [1.29, 1.82) is 0 Å². The predicted octanol–water partition coefficient (Wildman–Crippen LogP) is 2.65. The number of methoxy groups -OCH3 is 1. The Hall–Kier alpha value is -1.69. The number of nitrogens with zero attached hydrogens (tertiary/aromatic N) is 4. The van der Waals surface area contributed by atoms with Gasteiger partial charge < -0.3 is 14.5 Å². The van der Waals surface area contributed by atoms with Gasteiger partial charge in [-0.05, 0) is 46.5 Å². The van der Waals surface area contributed by atoms with Crippen molar-refractivity contribution in [1.82, 2.24) is 14.9 Å². The number of aromatic nitrogens is 2. The lowest BCUT2D eigenvalue weighted by Crippen LogP contribution is -2.54. The molecule has 0 aliphatic carbocycles. The number of amides is 1. The Kier molecular flexibility index (Phi) is 5.80. The van der Waals surface area contributed by atoms with Crippen molar-refractivity contribution in [3.8, 4) is 0 Å². The molecule has 26 heavy (non-hydrogen) atoms. The Morgan fingerprint density at radius 2 is 1.96 bits per heavy atom. The van der Waals surface area contributed by atoms with Crippen LogP contribution >= 0.6 is 0 Å². The van der Waals surface area contributed by atoms with Gasteiger partial charge in [-0.1, -0.05) is 0 Å². The van der Waals surface area contributed by atoms with Gasteiger partial charge >= 0.3 is 0 Å². The summed E-state index contributed by atoms with van der Waals surface area (Å²) in [6.45, 7) is 10.5. The van der Waals surface area contributed by atoms with E-state index in [1.807, 2.05) is 6.92 Å². The minimum Gasteiger partial charge on any atom is -0.385 e. The maximum atomic E-state index is 12.4. The third kappa shape index (κ3) is 4.00. The maximum Gasteiger partial charge on any atom is 0.222 e. The zero-order valence-electron chi connectivity index (χ0n) is 16.7. The molecule has 3 rings (SSSR count). The van der Waals surface area contributed by atoms with Crippen LogP contribution < -0.4 is 4.90 Å². The van der Waals surface area contributed by atoms with Gasteiger partial charge in [-0.25, -0.2) is 9.97 Å². The lowest BCUT2D eigenvalue weighted by atomic mass is 9.73. The summed E-state index contributed by atoms with van der Waals surface area (Å²) in [5, 5.41) is 0. The number of carbonyl (C=O) groups is 1. The minimum absolute atomic E-state index is 0.193. The van der Waals surface area contributed by atoms with Gasteiger partial charge in [0.1, 0.15) is 11.6 Å². The fraction of sp³-hybridized carbons (Fsp3) is 0.750. The van der Waals surface area contributed by atoms with E-state index in [0.29, 0.717) is 18.9 Å². The summed E-state index contributed by atoms with van der Waals surface area (Å²) >= 11 is 0. The fourth-order valence-electron chi connectivity index (χ4n) is 4.49. The lowest BCUT2D eigenvalue weighted by molar-refractivity contribution is -0.138. The summed E-state index contributed by atoms with van der Waals surface area (Å²) in [5.74, 6) is 2.22. The van der Waals surface area contributed by atoms with Crippen molar-refractivity contribution in [2.45, 2.75) is 52.9 Å². The molecule has 0 aromatic carbocycles. The van der Waals surface area contributed by atoms with E-state index >= 15 is 0 Å². The van der Waals surface area contributed by atoms with Gasteiger partial charge in [-0.2, -0.15) is 0 Å². The highest BCUT2D eigenvalue weighted by atomic mass is 16.5. The standard InChI is InChI=1S/C20H32N4O2/c1-15-16(2)21-17(3)22-19(15)24-10-5-8-20(14-24)9-7-18(25)23(13-20)11-6-12-26-4/h5-14H2,1-4H3. The molecule has 1 spiro atoms. The first-order chi connectivity index (χ1) is 12.4. The van der Waals surface area contributed by atoms with Crippen molar-refractivity contribution in [2.24, 2.45) is 5.41 Å². The van der Waals surface area contributed by atoms with Crippen molar-refractivity contribution in [3.63, 3.8) is 0 Å². The van der Waals surface area contributed by atoms with Gasteiger partial charge in [0.25, 0.3) is 0 Å². The van der Waals surface area contributed by atoms with E-state index in [2.05, 4.69) is 28.6 Å². The smallest absolute Gasteiger partial charge is 0.222 e. The maximum absolute atomic E-state index is 12.4. The monoisotopic (exact) mass is 360 g/mol. The molecule has 1 unspecified atom stereocenters. The van der Waals surface area contributed by atoms with Crippen LogP contribution in [0, 0.1) is 26.2 Å². The predicted molar refractivity (Wildman–Crippen MR) is 102 cm³/mol. The summed E-state index contributed by atoms with van der Waals surface area (Å²) in [6, 6.07) is 0. The Morgan fingerprint density at radius 3 is 2.73 bits per heavy atom. The van der Waals surface area contributed by atoms with E-state index < -0.39 is 0 Å². The number of hydrogen-bond donors (Lipinski definition) is 0. The molecule has 6 heteroatoms. The molecular weight excluding hydrogens is 328 g/mol. The van der Waals surface area contributed by atoms with Crippen LogP contribution in [-0.2, 0) is 9.53 Å². The van der Waals surface area contributed by atoms with Gasteiger partial charge in [0, 0.05) is 63.0 Å². The molecule has 2 aliphatic heterocycles. The third-order valence-corrected chi connectivity index (χ3v) is 5.96. The van der Waals surface area contributed by atoms with Crippen LogP contribution in [0.3, 0.4) is 0 Å². The topological polar surface area (TPSA) is 58.6 Å². The number of hydrogen-bond acceptors (Lipinski definition) is 5. The van der Waals surface area contributed by atoms with Crippen LogP contribution in [0.4, 0.5) is 5.82 Å². The van der Waals surface area contributed by atoms with E-state index in [-0.39, 0.29) is 5.41 Å². The SMILES string of the molecule is COCCCN1CC2(CCCN(c3nc(C)nc(C)c3C)C2)CCC1=O. The molecule has 0 saturated carbocycles. The molecule has 144 valence electrons. The largest absolute Gasteiger partial charge is 0.385 e. The second-order valence-electron chi connectivity index (χ2n) is 7.99. The number of likely N-dealkylation sites (tertiary alicyclic amines) is 1. The molecule has 1 aromatic rings. The molecule has 1 amide bonds. The molecule has 2 aliphatic rings. The van der Waals surface area contributed by atoms with Gasteiger partial charge in [0.15, 0.2) is 0 Å². The Balaban J connectivity index is 1.76. The van der Waals surface area contributed by atoms with E-state index in [1.54, 1.807) is 7.11 Å². The average molecular weight is 361 g/mol. The third-order valence-electron chi connectivity index (χ3n) is 5.96. The van der Waals surface area contributed by atoms with Gasteiger partial charge in [-0.15, -0.1) is 0 Å². The Labute approximate surface area is 156 Å². The molecule has 6 nitrogen and oxygen atoms in total. The van der Waals surface area contributed by atoms with E-state index in [4.69, 9.17) is 9.72 Å². The lowest BCUT2D eigenvalue weighted by Gasteiger charge is -2.48. The Bertz CT molecular complexity index is 663. The molecule has 2 fully saturated rings. The highest BCUT2D eigenvalue weighted by molar-refractivity contribution is 5.77. The van der Waals surface area contributed by atoms with Crippen LogP contribution in [0.2, 0.25) is 0 Å². The van der Waals surface area contributed by atoms with Gasteiger partial charge in [-0.3, -0.25) is 4.79 Å². The first kappa shape index (κ1) is 19.1. The van der Waals surface area contributed by atoms with Crippen LogP contribution in [0.15, 0.2) is 0 Å². The van der Waals surface area contributed by atoms with Crippen molar-refractivity contribution in [3.05, 3.63) is 17.1 Å². The quantitative estimate of drug-likeness (QED) is 0.756. The van der Waals surface area contributed by atoms with Gasteiger partial charge in [0.05, 0.1) is 0 Å². The second-order valence-corrected chi connectivity index (χ2v) is 7.99. The zero-order valence-corrected chi connectivity index (χ0v) is 16.7. The molecule has 0 N–H and O–H groups in total. The van der Waals surface area contributed by atoms with Crippen molar-refractivity contribution < 1.29 is 9.53 Å². The zero-order chi connectivity index (χ0) is 18.7. The van der Waals surface area contributed by atoms with E-state index in [9.17, 15) is 4.79 Å². The van der Waals surface area contributed by atoms with E-state index in [0.717, 1.165) is 62.8 Å². The Morgan fingerprint density at radius 1 is 1.15 bits per heavy atom. The number of ether oxygens (including phenoxy) is 1. The number of piperidine rings is 2. The number of anilines is 1. The number of aryl methyl sites for hydroxylation is 2. The molecule has 1 atom stereocenters. The normalized spacial score (nSPS) is 23.8. The van der Waals surface area contributed by atoms with Crippen LogP contribution in [0.1, 0.15) is 49.2 Å². The van der Waals surface area contributed by atoms with Crippen molar-refractivity contribution in [2.75, 3.05) is 44.8 Å². The van der Waals surface area contributed by atoms with Crippen LogP contribution in [0.25, 0.3) is 0 Å². The summed E-state index contributed by atoms with van der Waals surface area (Å²) in [4.78, 5) is 26.1. The second kappa shape index (κ2) is 7.91. The van der Waals surface area contributed by atoms with Crippen LogP contribution in [-0.4, -0.2) is 60.7 Å².